The van der Waals surface area contributed by atoms with Gasteiger partial charge in [-0.05, 0) is 42.3 Å². The summed E-state index contributed by atoms with van der Waals surface area (Å²) in [6.07, 6.45) is 0.438. The van der Waals surface area contributed by atoms with E-state index < -0.39 is 17.9 Å². The third kappa shape index (κ3) is 4.89. The summed E-state index contributed by atoms with van der Waals surface area (Å²) in [5, 5.41) is 11.1. The number of halogens is 1. The molecule has 2 amide bonds. The van der Waals surface area contributed by atoms with Gasteiger partial charge in [0, 0.05) is 16.5 Å². The fourth-order valence-corrected chi connectivity index (χ4v) is 4.50. The van der Waals surface area contributed by atoms with Crippen LogP contribution in [0.3, 0.4) is 0 Å². The van der Waals surface area contributed by atoms with Crippen molar-refractivity contribution >= 4 is 40.1 Å². The molecule has 11 heteroatoms. The molecule has 0 fully saturated rings. The lowest BCUT2D eigenvalue weighted by molar-refractivity contribution is 0.0929. The monoisotopic (exact) mass is 529 g/mol. The number of fused-ring (bicyclic) bond motifs is 1. The molecule has 0 aliphatic rings. The van der Waals surface area contributed by atoms with Crippen molar-refractivity contribution in [2.45, 2.75) is 12.5 Å². The number of aromatic nitrogens is 4. The summed E-state index contributed by atoms with van der Waals surface area (Å²) in [4.78, 5) is 32.8. The summed E-state index contributed by atoms with van der Waals surface area (Å²) in [7, 11) is 1.42. The lowest BCUT2D eigenvalue weighted by Gasteiger charge is -2.18. The number of nitrogens with one attached hydrogen (secondary N) is 3. The van der Waals surface area contributed by atoms with Crippen molar-refractivity contribution in [1.82, 2.24) is 25.5 Å². The van der Waals surface area contributed by atoms with E-state index in [1.165, 1.54) is 25.3 Å². The van der Waals surface area contributed by atoms with Gasteiger partial charge in [0.1, 0.15) is 22.4 Å². The third-order valence-corrected chi connectivity index (χ3v) is 6.47. The van der Waals surface area contributed by atoms with Crippen LogP contribution in [0.4, 0.5) is 5.82 Å². The molecule has 0 bridgehead atoms. The first-order valence-electron chi connectivity index (χ1n) is 11.7. The molecule has 10 nitrogen and oxygen atoms in total. The van der Waals surface area contributed by atoms with E-state index in [1.807, 2.05) is 48.5 Å². The Hall–Kier alpha value is -4.83. The SMILES string of the molecule is COc1cc(C(N)=O)ccc1C(=O)N[C@@H](Cc1ccccc1)c1nc(-c2ccc3c(N)n[nH]c3c2)c(Cl)[nH]1. The normalized spacial score (nSPS) is 11.8. The smallest absolute Gasteiger partial charge is 0.255 e. The number of rotatable bonds is 8. The Balaban J connectivity index is 1.50. The van der Waals surface area contributed by atoms with E-state index in [4.69, 9.17) is 32.8 Å². The zero-order chi connectivity index (χ0) is 26.8. The van der Waals surface area contributed by atoms with Crippen LogP contribution in [0.1, 0.15) is 38.1 Å². The van der Waals surface area contributed by atoms with Crippen molar-refractivity contribution in [3.63, 3.8) is 0 Å². The number of nitrogens with two attached hydrogens (primary N) is 2. The molecule has 5 aromatic rings. The number of H-pyrrole nitrogens is 2. The van der Waals surface area contributed by atoms with Crippen LogP contribution in [0.5, 0.6) is 5.75 Å². The zero-order valence-corrected chi connectivity index (χ0v) is 21.0. The molecule has 5 rings (SSSR count). The molecule has 0 saturated carbocycles. The van der Waals surface area contributed by atoms with Crippen molar-refractivity contribution in [2.24, 2.45) is 5.73 Å². The van der Waals surface area contributed by atoms with E-state index in [9.17, 15) is 9.59 Å². The van der Waals surface area contributed by atoms with Crippen LogP contribution < -0.4 is 21.5 Å². The molecule has 2 aromatic heterocycles. The molecule has 38 heavy (non-hydrogen) atoms. The number of hydrogen-bond donors (Lipinski definition) is 5. The van der Waals surface area contributed by atoms with Gasteiger partial charge in [0.05, 0.1) is 24.2 Å². The number of primary amides is 1. The Kier molecular flexibility index (Phi) is 6.71. The number of imidazole rings is 1. The summed E-state index contributed by atoms with van der Waals surface area (Å²) < 4.78 is 5.35. The molecule has 0 unspecified atom stereocenters. The van der Waals surface area contributed by atoms with Crippen LogP contribution in [0.15, 0.2) is 66.7 Å². The summed E-state index contributed by atoms with van der Waals surface area (Å²) >= 11 is 6.59. The van der Waals surface area contributed by atoms with E-state index in [1.54, 1.807) is 0 Å². The number of carbonyl (C=O) groups is 2. The van der Waals surface area contributed by atoms with Gasteiger partial charge in [-0.2, -0.15) is 5.10 Å². The highest BCUT2D eigenvalue weighted by molar-refractivity contribution is 6.32. The predicted molar refractivity (Wildman–Crippen MR) is 145 cm³/mol. The molecule has 7 N–H and O–H groups in total. The van der Waals surface area contributed by atoms with Gasteiger partial charge >= 0.3 is 0 Å². The second kappa shape index (κ2) is 10.3. The van der Waals surface area contributed by atoms with Gasteiger partial charge in [-0.25, -0.2) is 4.98 Å². The molecule has 2 heterocycles. The number of anilines is 1. The highest BCUT2D eigenvalue weighted by atomic mass is 35.5. The minimum atomic E-state index is -0.619. The van der Waals surface area contributed by atoms with Crippen LogP contribution in [0.25, 0.3) is 22.2 Å². The largest absolute Gasteiger partial charge is 0.496 e. The van der Waals surface area contributed by atoms with Crippen molar-refractivity contribution in [2.75, 3.05) is 12.8 Å². The van der Waals surface area contributed by atoms with Crippen molar-refractivity contribution in [3.8, 4) is 17.0 Å². The topological polar surface area (TPSA) is 165 Å². The second-order valence-electron chi connectivity index (χ2n) is 8.65. The van der Waals surface area contributed by atoms with E-state index in [0.717, 1.165) is 22.0 Å². The zero-order valence-electron chi connectivity index (χ0n) is 20.3. The third-order valence-electron chi connectivity index (χ3n) is 6.19. The second-order valence-corrected chi connectivity index (χ2v) is 9.03. The van der Waals surface area contributed by atoms with Gasteiger partial charge in [0.15, 0.2) is 5.82 Å². The Morgan fingerprint density at radius 1 is 1.11 bits per heavy atom. The quantitative estimate of drug-likeness (QED) is 0.204. The number of nitrogens with zero attached hydrogens (tertiary/aromatic N) is 2. The summed E-state index contributed by atoms with van der Waals surface area (Å²) in [6, 6.07) is 19.1. The number of aromatic amines is 2. The minimum Gasteiger partial charge on any atom is -0.496 e. The summed E-state index contributed by atoms with van der Waals surface area (Å²) in [6.45, 7) is 0. The van der Waals surface area contributed by atoms with E-state index in [-0.39, 0.29) is 16.9 Å². The van der Waals surface area contributed by atoms with Gasteiger partial charge in [0.25, 0.3) is 5.91 Å². The maximum atomic E-state index is 13.4. The van der Waals surface area contributed by atoms with Gasteiger partial charge in [-0.1, -0.05) is 48.0 Å². The summed E-state index contributed by atoms with van der Waals surface area (Å²) in [5.74, 6) is 0.0696. The van der Waals surface area contributed by atoms with Gasteiger partial charge < -0.3 is 26.5 Å². The first-order chi connectivity index (χ1) is 18.3. The van der Waals surface area contributed by atoms with Gasteiger partial charge in [-0.15, -0.1) is 0 Å². The molecule has 3 aromatic carbocycles. The lowest BCUT2D eigenvalue weighted by atomic mass is 10.0. The molecule has 0 aliphatic heterocycles. The Morgan fingerprint density at radius 2 is 1.89 bits per heavy atom. The van der Waals surface area contributed by atoms with Crippen LogP contribution in [-0.2, 0) is 6.42 Å². The number of hydrogen-bond acceptors (Lipinski definition) is 6. The molecular weight excluding hydrogens is 506 g/mol. The average molecular weight is 530 g/mol. The molecule has 1 atom stereocenters. The average Bonchev–Trinajstić information content (AvgIpc) is 3.50. The molecule has 192 valence electrons. The van der Waals surface area contributed by atoms with Crippen LogP contribution in [0, 0.1) is 0 Å². The molecule has 0 spiro atoms. The number of benzene rings is 3. The fraction of sp³-hybridized carbons (Fsp3) is 0.111. The number of nitrogen functional groups attached to an aromatic ring is 1. The molecule has 0 aliphatic carbocycles. The minimum absolute atomic E-state index is 0.225. The highest BCUT2D eigenvalue weighted by Gasteiger charge is 2.24. The fourth-order valence-electron chi connectivity index (χ4n) is 4.25. The number of amides is 2. The van der Waals surface area contributed by atoms with Crippen molar-refractivity contribution in [3.05, 3.63) is 94.4 Å². The van der Waals surface area contributed by atoms with Crippen molar-refractivity contribution < 1.29 is 14.3 Å². The van der Waals surface area contributed by atoms with Gasteiger partial charge in [-0.3, -0.25) is 14.7 Å². The van der Waals surface area contributed by atoms with Crippen LogP contribution in [-0.4, -0.2) is 39.1 Å². The molecular formula is C27H24ClN7O3. The molecule has 0 radical (unpaired) electrons. The first-order valence-corrected chi connectivity index (χ1v) is 12.0. The Bertz CT molecular complexity index is 1650. The Labute approximate surface area is 222 Å². The maximum absolute atomic E-state index is 13.4. The Morgan fingerprint density at radius 3 is 2.63 bits per heavy atom. The van der Waals surface area contributed by atoms with E-state index in [2.05, 4.69) is 20.5 Å². The lowest BCUT2D eigenvalue weighted by Crippen LogP contribution is -2.31. The standard InChI is InChI=1S/C27H24ClN7O3/c1-38-21-13-16(25(30)36)8-10-18(21)27(37)31-20(11-14-5-3-2-4-6-14)26-32-22(23(28)33-26)15-7-9-17-19(12-15)34-35-24(17)29/h2-10,12-13,20H,11H2,1H3,(H2,30,36)(H,31,37)(H,32,33)(H3,29,34,35)/t20-/m0/s1. The number of ether oxygens (including phenoxy) is 1. The van der Waals surface area contributed by atoms with E-state index >= 15 is 0 Å². The highest BCUT2D eigenvalue weighted by Crippen LogP contribution is 2.31. The predicted octanol–water partition coefficient (Wildman–Crippen LogP) is 4.01. The van der Waals surface area contributed by atoms with Crippen LogP contribution >= 0.6 is 11.6 Å². The first kappa shape index (κ1) is 24.8. The maximum Gasteiger partial charge on any atom is 0.255 e. The van der Waals surface area contributed by atoms with Crippen LogP contribution in [0.2, 0.25) is 5.15 Å². The number of methoxy groups -OCH3 is 1. The molecule has 0 saturated heterocycles. The summed E-state index contributed by atoms with van der Waals surface area (Å²) in [5.41, 5.74) is 14.7. The van der Waals surface area contributed by atoms with E-state index in [0.29, 0.717) is 28.9 Å². The van der Waals surface area contributed by atoms with Crippen molar-refractivity contribution in [1.29, 1.82) is 0 Å². The van der Waals surface area contributed by atoms with Gasteiger partial charge in [0.2, 0.25) is 5.91 Å². The number of carbonyl (C=O) groups excluding carboxylic acids is 2.